The van der Waals surface area contributed by atoms with Gasteiger partial charge in [-0.2, -0.15) is 5.21 Å². The van der Waals surface area contributed by atoms with Crippen molar-refractivity contribution in [2.45, 2.75) is 6.42 Å². The Morgan fingerprint density at radius 3 is 2.80 bits per heavy atom. The number of carbonyl (C=O) groups is 1. The van der Waals surface area contributed by atoms with Crippen molar-refractivity contribution >= 4 is 5.97 Å². The van der Waals surface area contributed by atoms with E-state index in [1.807, 2.05) is 0 Å². The molecule has 10 heavy (non-hydrogen) atoms. The molecule has 0 atom stereocenters. The number of nitrogens with zero attached hydrogens (tertiary/aromatic N) is 3. The van der Waals surface area contributed by atoms with Gasteiger partial charge in [-0.05, 0) is 0 Å². The number of tetrazole rings is 1. The minimum Gasteiger partial charge on any atom is -0.550 e. The first-order valence-electron chi connectivity index (χ1n) is 2.21. The smallest absolute Gasteiger partial charge is 0.550 e. The van der Waals surface area contributed by atoms with Gasteiger partial charge < -0.3 is 9.90 Å². The fourth-order valence-corrected chi connectivity index (χ4v) is 0.386. The van der Waals surface area contributed by atoms with E-state index >= 15 is 0 Å². The summed E-state index contributed by atoms with van der Waals surface area (Å²) in [6.07, 6.45) is -0.295. The molecule has 0 saturated heterocycles. The van der Waals surface area contributed by atoms with E-state index in [9.17, 15) is 9.90 Å². The Balaban J connectivity index is 0.000000810. The maximum atomic E-state index is 9.83. The van der Waals surface area contributed by atoms with Crippen molar-refractivity contribution in [2.75, 3.05) is 0 Å². The van der Waals surface area contributed by atoms with E-state index < -0.39 is 5.97 Å². The van der Waals surface area contributed by atoms with Gasteiger partial charge in [0, 0.05) is 5.97 Å². The van der Waals surface area contributed by atoms with E-state index in [0.29, 0.717) is 0 Å². The Kier molecular flexibility index (Phi) is 4.17. The molecule has 0 aliphatic rings. The molecule has 1 heterocycles. The molecule has 0 aromatic carbocycles. The number of carboxylic acid groups (broad SMARTS) is 1. The normalized spacial score (nSPS) is 8.40. The molecule has 1 rings (SSSR count). The third kappa shape index (κ3) is 2.90. The molecule has 0 fully saturated rings. The second-order valence-corrected chi connectivity index (χ2v) is 1.38. The van der Waals surface area contributed by atoms with Crippen molar-refractivity contribution in [3.8, 4) is 0 Å². The van der Waals surface area contributed by atoms with E-state index in [-0.39, 0.29) is 41.8 Å². The molecule has 1 aromatic rings. The van der Waals surface area contributed by atoms with Crippen LogP contribution in [0.25, 0.3) is 0 Å². The first kappa shape index (κ1) is 9.54. The molecule has 0 saturated carbocycles. The van der Waals surface area contributed by atoms with Crippen molar-refractivity contribution in [1.82, 2.24) is 20.6 Å². The largest absolute Gasteiger partial charge is 1.00 e. The van der Waals surface area contributed by atoms with Crippen LogP contribution in [0.3, 0.4) is 0 Å². The fraction of sp³-hybridized carbons (Fsp3) is 0.333. The fourth-order valence-electron chi connectivity index (χ4n) is 0.386. The Bertz CT molecular complexity index is 198. The Labute approximate surface area is 78.3 Å². The van der Waals surface area contributed by atoms with Gasteiger partial charge >= 0.3 is 29.6 Å². The van der Waals surface area contributed by atoms with Crippen LogP contribution in [0.2, 0.25) is 0 Å². The molecule has 1 N–H and O–H groups in total. The maximum absolute atomic E-state index is 9.83. The summed E-state index contributed by atoms with van der Waals surface area (Å²) in [6.45, 7) is 0. The quantitative estimate of drug-likeness (QED) is 0.424. The van der Waals surface area contributed by atoms with Crippen LogP contribution in [0.4, 0.5) is 0 Å². The minimum atomic E-state index is -1.21. The van der Waals surface area contributed by atoms with Gasteiger partial charge in [0.1, 0.15) is 0 Å². The molecule has 1 aromatic heterocycles. The number of nitrogens with one attached hydrogen (secondary N) is 1. The zero-order chi connectivity index (χ0) is 6.69. The van der Waals surface area contributed by atoms with Gasteiger partial charge in [-0.3, -0.25) is 0 Å². The van der Waals surface area contributed by atoms with Gasteiger partial charge in [0.05, 0.1) is 6.42 Å². The molecule has 7 heteroatoms. The Hall–Kier alpha value is -0.460. The van der Waals surface area contributed by atoms with Gasteiger partial charge in [0.15, 0.2) is 5.82 Å². The number of aliphatic carboxylic acids is 1. The number of H-pyrrole nitrogens is 1. The van der Waals surface area contributed by atoms with Gasteiger partial charge in [0.25, 0.3) is 0 Å². The van der Waals surface area contributed by atoms with Crippen molar-refractivity contribution in [2.24, 2.45) is 0 Å². The standard InChI is InChI=1S/C3H4N4O2.Na/c8-3(9)1-2-4-6-7-5-2;/h1H2,(H,8,9)(H,4,5,6,7);/q;+1/p-1. The molecule has 0 spiro atoms. The number of aromatic nitrogens is 4. The van der Waals surface area contributed by atoms with Crippen LogP contribution in [0.5, 0.6) is 0 Å². The average molecular weight is 150 g/mol. The van der Waals surface area contributed by atoms with Gasteiger partial charge in [-0.1, -0.05) is 5.21 Å². The topological polar surface area (TPSA) is 94.6 Å². The maximum Gasteiger partial charge on any atom is 1.00 e. The number of rotatable bonds is 2. The van der Waals surface area contributed by atoms with Crippen LogP contribution < -0.4 is 34.7 Å². The van der Waals surface area contributed by atoms with Gasteiger partial charge in [-0.25, -0.2) is 0 Å². The third-order valence-corrected chi connectivity index (χ3v) is 0.692. The first-order valence-corrected chi connectivity index (χ1v) is 2.21. The number of hydrogen-bond donors (Lipinski definition) is 1. The predicted molar refractivity (Wildman–Crippen MR) is 22.9 cm³/mol. The summed E-state index contributed by atoms with van der Waals surface area (Å²) in [5.74, 6) is -1.08. The summed E-state index contributed by atoms with van der Waals surface area (Å²) < 4.78 is 0. The molecule has 0 aliphatic carbocycles. The first-order chi connectivity index (χ1) is 4.29. The van der Waals surface area contributed by atoms with E-state index in [0.717, 1.165) is 0 Å². The molecule has 0 amide bonds. The van der Waals surface area contributed by atoms with Crippen molar-refractivity contribution in [3.63, 3.8) is 0 Å². The van der Waals surface area contributed by atoms with Gasteiger partial charge in [0.2, 0.25) is 0 Å². The Morgan fingerprint density at radius 2 is 2.40 bits per heavy atom. The molecule has 0 radical (unpaired) electrons. The summed E-state index contributed by atoms with van der Waals surface area (Å²) in [5.41, 5.74) is 0. The summed E-state index contributed by atoms with van der Waals surface area (Å²) in [4.78, 5) is 9.83. The van der Waals surface area contributed by atoms with E-state index in [2.05, 4.69) is 20.6 Å². The van der Waals surface area contributed by atoms with E-state index in [1.54, 1.807) is 0 Å². The summed E-state index contributed by atoms with van der Waals surface area (Å²) in [7, 11) is 0. The van der Waals surface area contributed by atoms with Crippen LogP contribution in [-0.2, 0) is 11.2 Å². The summed E-state index contributed by atoms with van der Waals surface area (Å²) in [5, 5.41) is 21.9. The number of carbonyl (C=O) groups excluding carboxylic acids is 1. The van der Waals surface area contributed by atoms with E-state index in [1.165, 1.54) is 0 Å². The molecular formula is C3H3N4NaO2. The van der Waals surface area contributed by atoms with Crippen LogP contribution in [-0.4, -0.2) is 26.6 Å². The second-order valence-electron chi connectivity index (χ2n) is 1.38. The molecule has 6 nitrogen and oxygen atoms in total. The number of aromatic amines is 1. The molecule has 0 aliphatic heterocycles. The monoisotopic (exact) mass is 150 g/mol. The summed E-state index contributed by atoms with van der Waals surface area (Å²) in [6, 6.07) is 0. The van der Waals surface area contributed by atoms with Crippen LogP contribution in [0.1, 0.15) is 5.82 Å². The van der Waals surface area contributed by atoms with Crippen molar-refractivity contribution in [1.29, 1.82) is 0 Å². The third-order valence-electron chi connectivity index (χ3n) is 0.692. The van der Waals surface area contributed by atoms with Crippen molar-refractivity contribution in [3.05, 3.63) is 5.82 Å². The van der Waals surface area contributed by atoms with E-state index in [4.69, 9.17) is 0 Å². The van der Waals surface area contributed by atoms with Crippen LogP contribution >= 0.6 is 0 Å². The second kappa shape index (κ2) is 4.37. The predicted octanol–water partition coefficient (Wildman–Crippen LogP) is -5.50. The molecule has 0 bridgehead atoms. The zero-order valence-corrected chi connectivity index (χ0v) is 7.37. The average Bonchev–Trinajstić information content (AvgIpc) is 2.15. The number of hydrogen-bond acceptors (Lipinski definition) is 5. The molecule has 48 valence electrons. The minimum absolute atomic E-state index is 0. The van der Waals surface area contributed by atoms with Crippen LogP contribution in [0, 0.1) is 0 Å². The molecule has 0 unspecified atom stereocenters. The number of carboxylic acids is 1. The SMILES string of the molecule is O=C([O-])Cc1nn[nH]n1.[Na+]. The Morgan fingerprint density at radius 1 is 1.70 bits per heavy atom. The van der Waals surface area contributed by atoms with Crippen LogP contribution in [0.15, 0.2) is 0 Å². The zero-order valence-electron chi connectivity index (χ0n) is 5.37. The van der Waals surface area contributed by atoms with Crippen molar-refractivity contribution < 1.29 is 39.5 Å². The van der Waals surface area contributed by atoms with Gasteiger partial charge in [-0.15, -0.1) is 10.2 Å². The summed E-state index contributed by atoms with van der Waals surface area (Å²) >= 11 is 0. The molecular weight excluding hydrogens is 147 g/mol.